The Morgan fingerprint density at radius 3 is 3.18 bits per heavy atom. The standard InChI is InChI=1S/C13H16N2S2/c1-9-2-3-11-12(6-9)15(13(16)14-11)7-10-4-5-17-8-10/h2-3,6,10H,4-5,7-8H2,1H3,(H,14,16). The highest BCUT2D eigenvalue weighted by Crippen LogP contribution is 2.26. The van der Waals surface area contributed by atoms with Crippen LogP contribution in [-0.2, 0) is 6.54 Å². The largest absolute Gasteiger partial charge is 0.331 e. The molecule has 2 aromatic rings. The van der Waals surface area contributed by atoms with Gasteiger partial charge in [0.05, 0.1) is 11.0 Å². The first-order chi connectivity index (χ1) is 8.24. The highest BCUT2D eigenvalue weighted by Gasteiger charge is 2.17. The highest BCUT2D eigenvalue weighted by atomic mass is 32.2. The number of H-pyrrole nitrogens is 1. The fourth-order valence-electron chi connectivity index (χ4n) is 2.43. The predicted octanol–water partition coefficient (Wildman–Crippen LogP) is 3.76. The average molecular weight is 264 g/mol. The Balaban J connectivity index is 2.04. The van der Waals surface area contributed by atoms with Gasteiger partial charge in [-0.15, -0.1) is 0 Å². The summed E-state index contributed by atoms with van der Waals surface area (Å²) in [6.45, 7) is 3.19. The molecule has 0 bridgehead atoms. The number of fused-ring (bicyclic) bond motifs is 1. The lowest BCUT2D eigenvalue weighted by Gasteiger charge is -2.10. The average Bonchev–Trinajstić information content (AvgIpc) is 2.90. The topological polar surface area (TPSA) is 20.7 Å². The van der Waals surface area contributed by atoms with Crippen LogP contribution in [0, 0.1) is 17.6 Å². The maximum atomic E-state index is 5.43. The van der Waals surface area contributed by atoms with Crippen molar-refractivity contribution < 1.29 is 0 Å². The van der Waals surface area contributed by atoms with Crippen molar-refractivity contribution in [3.05, 3.63) is 28.5 Å². The Hall–Kier alpha value is -0.740. The van der Waals surface area contributed by atoms with Crippen LogP contribution in [0.15, 0.2) is 18.2 Å². The summed E-state index contributed by atoms with van der Waals surface area (Å²) < 4.78 is 3.14. The van der Waals surface area contributed by atoms with Crippen molar-refractivity contribution in [3.63, 3.8) is 0 Å². The van der Waals surface area contributed by atoms with Gasteiger partial charge >= 0.3 is 0 Å². The van der Waals surface area contributed by atoms with Gasteiger partial charge in [0.25, 0.3) is 0 Å². The fourth-order valence-corrected chi connectivity index (χ4v) is 3.98. The number of benzene rings is 1. The Morgan fingerprint density at radius 1 is 1.53 bits per heavy atom. The zero-order chi connectivity index (χ0) is 11.8. The minimum Gasteiger partial charge on any atom is -0.331 e. The lowest BCUT2D eigenvalue weighted by atomic mass is 10.1. The number of nitrogens with one attached hydrogen (secondary N) is 1. The molecule has 0 amide bonds. The Bertz CT molecular complexity index is 591. The number of hydrogen-bond acceptors (Lipinski definition) is 2. The summed E-state index contributed by atoms with van der Waals surface area (Å²) in [7, 11) is 0. The SMILES string of the molecule is Cc1ccc2[nH]c(=S)n(CC3CCSC3)c2c1. The van der Waals surface area contributed by atoms with Crippen molar-refractivity contribution in [2.75, 3.05) is 11.5 Å². The second-order valence-corrected chi connectivity index (χ2v) is 6.33. The summed E-state index contributed by atoms with van der Waals surface area (Å²) in [5, 5.41) is 0. The lowest BCUT2D eigenvalue weighted by molar-refractivity contribution is 0.497. The summed E-state index contributed by atoms with van der Waals surface area (Å²) >= 11 is 7.49. The normalized spacial score (nSPS) is 20.2. The smallest absolute Gasteiger partial charge is 0.178 e. The van der Waals surface area contributed by atoms with Gasteiger partial charge in [-0.05, 0) is 60.7 Å². The molecule has 1 aromatic carbocycles. The summed E-state index contributed by atoms with van der Waals surface area (Å²) in [5.74, 6) is 3.37. The van der Waals surface area contributed by atoms with E-state index in [0.29, 0.717) is 0 Å². The molecule has 3 rings (SSSR count). The molecule has 90 valence electrons. The molecule has 1 unspecified atom stereocenters. The monoisotopic (exact) mass is 264 g/mol. The van der Waals surface area contributed by atoms with Crippen LogP contribution in [0.2, 0.25) is 0 Å². The van der Waals surface area contributed by atoms with Crippen molar-refractivity contribution in [3.8, 4) is 0 Å². The van der Waals surface area contributed by atoms with Crippen LogP contribution in [0.5, 0.6) is 0 Å². The van der Waals surface area contributed by atoms with Crippen LogP contribution in [0.4, 0.5) is 0 Å². The second kappa shape index (κ2) is 4.50. The van der Waals surface area contributed by atoms with E-state index in [1.165, 1.54) is 29.0 Å². The predicted molar refractivity (Wildman–Crippen MR) is 77.3 cm³/mol. The molecule has 1 N–H and O–H groups in total. The van der Waals surface area contributed by atoms with Gasteiger partial charge in [-0.25, -0.2) is 0 Å². The molecule has 2 heterocycles. The molecule has 1 fully saturated rings. The first-order valence-corrected chi connectivity index (χ1v) is 7.57. The minimum atomic E-state index is 0.784. The zero-order valence-corrected chi connectivity index (χ0v) is 11.5. The molecular formula is C13H16N2S2. The summed E-state index contributed by atoms with van der Waals surface area (Å²) in [5.41, 5.74) is 3.71. The van der Waals surface area contributed by atoms with Crippen molar-refractivity contribution in [1.82, 2.24) is 9.55 Å². The van der Waals surface area contributed by atoms with Crippen molar-refractivity contribution in [1.29, 1.82) is 0 Å². The van der Waals surface area contributed by atoms with Gasteiger partial charge in [-0.1, -0.05) is 6.07 Å². The third kappa shape index (κ3) is 2.16. The van der Waals surface area contributed by atoms with Crippen LogP contribution in [0.25, 0.3) is 11.0 Å². The molecule has 1 aliphatic rings. The Morgan fingerprint density at radius 2 is 2.41 bits per heavy atom. The van der Waals surface area contributed by atoms with E-state index in [9.17, 15) is 0 Å². The molecule has 1 aliphatic heterocycles. The van der Waals surface area contributed by atoms with E-state index >= 15 is 0 Å². The minimum absolute atomic E-state index is 0.784. The van der Waals surface area contributed by atoms with Gasteiger partial charge < -0.3 is 9.55 Å². The third-order valence-corrected chi connectivity index (χ3v) is 4.95. The second-order valence-electron chi connectivity index (χ2n) is 4.79. The van der Waals surface area contributed by atoms with E-state index in [2.05, 4.69) is 46.4 Å². The van der Waals surface area contributed by atoms with E-state index < -0.39 is 0 Å². The summed E-state index contributed by atoms with van der Waals surface area (Å²) in [6.07, 6.45) is 1.32. The number of aryl methyl sites for hydroxylation is 1. The number of thioether (sulfide) groups is 1. The zero-order valence-electron chi connectivity index (χ0n) is 9.90. The van der Waals surface area contributed by atoms with Gasteiger partial charge in [-0.3, -0.25) is 0 Å². The summed E-state index contributed by atoms with van der Waals surface area (Å²) in [6, 6.07) is 6.48. The van der Waals surface area contributed by atoms with Gasteiger partial charge in [0.2, 0.25) is 0 Å². The quantitative estimate of drug-likeness (QED) is 0.834. The molecule has 2 nitrogen and oxygen atoms in total. The van der Waals surface area contributed by atoms with Crippen molar-refractivity contribution in [2.45, 2.75) is 19.9 Å². The third-order valence-electron chi connectivity index (χ3n) is 3.40. The van der Waals surface area contributed by atoms with Gasteiger partial charge in [0.1, 0.15) is 0 Å². The Labute approximate surface area is 110 Å². The van der Waals surface area contributed by atoms with E-state index in [-0.39, 0.29) is 0 Å². The molecule has 0 aliphatic carbocycles. The Kier molecular flexibility index (Phi) is 3.01. The van der Waals surface area contributed by atoms with E-state index in [1.54, 1.807) is 0 Å². The summed E-state index contributed by atoms with van der Waals surface area (Å²) in [4.78, 5) is 3.30. The number of aromatic nitrogens is 2. The van der Waals surface area contributed by atoms with Gasteiger partial charge in [-0.2, -0.15) is 11.8 Å². The van der Waals surface area contributed by atoms with Crippen LogP contribution in [-0.4, -0.2) is 21.1 Å². The number of imidazole rings is 1. The van der Waals surface area contributed by atoms with Gasteiger partial charge in [0.15, 0.2) is 4.77 Å². The van der Waals surface area contributed by atoms with Crippen LogP contribution < -0.4 is 0 Å². The first kappa shape index (κ1) is 11.4. The molecule has 1 atom stereocenters. The molecule has 4 heteroatoms. The molecule has 0 saturated carbocycles. The number of nitrogens with zero attached hydrogens (tertiary/aromatic N) is 1. The van der Waals surface area contributed by atoms with E-state index in [0.717, 1.165) is 22.8 Å². The maximum absolute atomic E-state index is 5.43. The van der Waals surface area contributed by atoms with E-state index in [4.69, 9.17) is 12.2 Å². The van der Waals surface area contributed by atoms with Crippen molar-refractivity contribution in [2.24, 2.45) is 5.92 Å². The number of aromatic amines is 1. The molecule has 0 spiro atoms. The van der Waals surface area contributed by atoms with Crippen molar-refractivity contribution >= 4 is 35.0 Å². The molecule has 0 radical (unpaired) electrons. The molecule has 17 heavy (non-hydrogen) atoms. The van der Waals surface area contributed by atoms with Crippen LogP contribution in [0.3, 0.4) is 0 Å². The first-order valence-electron chi connectivity index (χ1n) is 6.01. The van der Waals surface area contributed by atoms with Crippen LogP contribution >= 0.6 is 24.0 Å². The van der Waals surface area contributed by atoms with Gasteiger partial charge in [0, 0.05) is 6.54 Å². The number of hydrogen-bond donors (Lipinski definition) is 1. The lowest BCUT2D eigenvalue weighted by Crippen LogP contribution is -2.09. The van der Waals surface area contributed by atoms with Crippen LogP contribution in [0.1, 0.15) is 12.0 Å². The molecular weight excluding hydrogens is 248 g/mol. The fraction of sp³-hybridized carbons (Fsp3) is 0.462. The highest BCUT2D eigenvalue weighted by molar-refractivity contribution is 7.99. The molecule has 1 aromatic heterocycles. The molecule has 1 saturated heterocycles. The van der Waals surface area contributed by atoms with E-state index in [1.807, 2.05) is 0 Å². The maximum Gasteiger partial charge on any atom is 0.178 e. The number of rotatable bonds is 2.